The molecule has 0 N–H and O–H groups in total. The van der Waals surface area contributed by atoms with E-state index in [0.29, 0.717) is 0 Å². The standard InChI is InChI=1S/C17H21ClSi/c1-17(2,3)14-10-12-16(13-11-14)19(4,18)15-8-6-5-7-9-15/h5-13H,1-4H3. The highest BCUT2D eigenvalue weighted by Gasteiger charge is 2.29. The van der Waals surface area contributed by atoms with Crippen molar-refractivity contribution < 1.29 is 0 Å². The molecule has 0 amide bonds. The normalized spacial score (nSPS) is 15.0. The van der Waals surface area contributed by atoms with Crippen molar-refractivity contribution in [2.24, 2.45) is 0 Å². The maximum atomic E-state index is 6.89. The first-order valence-electron chi connectivity index (χ1n) is 6.67. The Labute approximate surface area is 122 Å². The minimum Gasteiger partial charge on any atom is -0.155 e. The molecule has 0 fully saturated rings. The molecule has 0 aliphatic carbocycles. The molecule has 0 saturated carbocycles. The summed E-state index contributed by atoms with van der Waals surface area (Å²) in [6, 6.07) is 19.3. The van der Waals surface area contributed by atoms with Crippen molar-refractivity contribution in [2.75, 3.05) is 0 Å². The predicted molar refractivity (Wildman–Crippen MR) is 88.3 cm³/mol. The van der Waals surface area contributed by atoms with Crippen LogP contribution in [-0.4, -0.2) is 7.38 Å². The molecule has 0 heterocycles. The SMILES string of the molecule is CC(C)(C)c1ccc([Si](C)(Cl)c2ccccc2)cc1. The first-order chi connectivity index (χ1) is 8.82. The largest absolute Gasteiger partial charge is 0.214 e. The highest BCUT2D eigenvalue weighted by Crippen LogP contribution is 2.21. The van der Waals surface area contributed by atoms with Crippen molar-refractivity contribution in [1.29, 1.82) is 0 Å². The van der Waals surface area contributed by atoms with Crippen molar-refractivity contribution >= 4 is 28.8 Å². The molecule has 2 aromatic rings. The van der Waals surface area contributed by atoms with Crippen molar-refractivity contribution in [3.05, 3.63) is 60.2 Å². The monoisotopic (exact) mass is 288 g/mol. The molecule has 0 nitrogen and oxygen atoms in total. The summed E-state index contributed by atoms with van der Waals surface area (Å²) >= 11 is 6.89. The fraction of sp³-hybridized carbons (Fsp3) is 0.294. The fourth-order valence-corrected chi connectivity index (χ4v) is 4.90. The van der Waals surface area contributed by atoms with E-state index >= 15 is 0 Å². The predicted octanol–water partition coefficient (Wildman–Crippen LogP) is 3.91. The lowest BCUT2D eigenvalue weighted by molar-refractivity contribution is 0.590. The molecule has 2 rings (SSSR count). The Hall–Kier alpha value is -1.05. The molecule has 100 valence electrons. The third-order valence-electron chi connectivity index (χ3n) is 3.61. The molecule has 0 aliphatic heterocycles. The van der Waals surface area contributed by atoms with Gasteiger partial charge in [-0.3, -0.25) is 0 Å². The van der Waals surface area contributed by atoms with E-state index in [1.54, 1.807) is 0 Å². The Morgan fingerprint density at radius 3 is 1.74 bits per heavy atom. The van der Waals surface area contributed by atoms with Crippen LogP contribution in [0.3, 0.4) is 0 Å². The summed E-state index contributed by atoms with van der Waals surface area (Å²) in [5.41, 5.74) is 1.54. The summed E-state index contributed by atoms with van der Waals surface area (Å²) in [6.07, 6.45) is 0. The maximum absolute atomic E-state index is 6.89. The zero-order valence-corrected chi connectivity index (χ0v) is 13.8. The summed E-state index contributed by atoms with van der Waals surface area (Å²) in [4.78, 5) is 0. The van der Waals surface area contributed by atoms with Gasteiger partial charge in [0.05, 0.1) is 0 Å². The highest BCUT2D eigenvalue weighted by molar-refractivity contribution is 7.33. The number of hydrogen-bond acceptors (Lipinski definition) is 0. The van der Waals surface area contributed by atoms with Gasteiger partial charge in [-0.05, 0) is 27.9 Å². The van der Waals surface area contributed by atoms with Gasteiger partial charge in [-0.1, -0.05) is 75.4 Å². The molecule has 0 spiro atoms. The van der Waals surface area contributed by atoms with Crippen LogP contribution in [0.1, 0.15) is 26.3 Å². The Balaban J connectivity index is 2.37. The van der Waals surface area contributed by atoms with Gasteiger partial charge in [-0.2, -0.15) is 11.1 Å². The molecule has 1 unspecified atom stereocenters. The topological polar surface area (TPSA) is 0 Å². The van der Waals surface area contributed by atoms with Gasteiger partial charge in [0, 0.05) is 0 Å². The minimum absolute atomic E-state index is 0.190. The lowest BCUT2D eigenvalue weighted by atomic mass is 9.87. The summed E-state index contributed by atoms with van der Waals surface area (Å²) in [5.74, 6) is 0. The number of halogens is 1. The van der Waals surface area contributed by atoms with Crippen LogP contribution in [0.25, 0.3) is 0 Å². The van der Waals surface area contributed by atoms with Gasteiger partial charge in [0.1, 0.15) is 0 Å². The van der Waals surface area contributed by atoms with E-state index in [0.717, 1.165) is 0 Å². The molecule has 0 aliphatic rings. The first-order valence-corrected chi connectivity index (χ1v) is 10.2. The van der Waals surface area contributed by atoms with Gasteiger partial charge in [-0.15, -0.1) is 0 Å². The van der Waals surface area contributed by atoms with Gasteiger partial charge < -0.3 is 0 Å². The first kappa shape index (κ1) is 14.4. The van der Waals surface area contributed by atoms with Crippen LogP contribution in [0.5, 0.6) is 0 Å². The molecule has 0 aromatic heterocycles. The minimum atomic E-state index is -2.07. The number of hydrogen-bond donors (Lipinski definition) is 0. The summed E-state index contributed by atoms with van der Waals surface area (Å²) in [5, 5.41) is 2.54. The Bertz CT molecular complexity index is 536. The average Bonchev–Trinajstić information content (AvgIpc) is 2.39. The smallest absolute Gasteiger partial charge is 0.155 e. The zero-order chi connectivity index (χ0) is 14.1. The van der Waals surface area contributed by atoms with Crippen LogP contribution < -0.4 is 10.4 Å². The average molecular weight is 289 g/mol. The van der Waals surface area contributed by atoms with Gasteiger partial charge in [0.25, 0.3) is 0 Å². The van der Waals surface area contributed by atoms with Crippen LogP contribution in [0.4, 0.5) is 0 Å². The van der Waals surface area contributed by atoms with Gasteiger partial charge in [0.15, 0.2) is 0 Å². The van der Waals surface area contributed by atoms with Gasteiger partial charge >= 0.3 is 0 Å². The number of rotatable bonds is 2. The molecule has 0 radical (unpaired) electrons. The highest BCUT2D eigenvalue weighted by atomic mass is 35.6. The van der Waals surface area contributed by atoms with E-state index < -0.39 is 7.38 Å². The Kier molecular flexibility index (Phi) is 3.89. The van der Waals surface area contributed by atoms with E-state index in [1.807, 2.05) is 6.07 Å². The second-order valence-corrected chi connectivity index (χ2v) is 11.6. The molecule has 19 heavy (non-hydrogen) atoms. The second kappa shape index (κ2) is 5.14. The van der Waals surface area contributed by atoms with Gasteiger partial charge in [0.2, 0.25) is 7.38 Å². The Morgan fingerprint density at radius 2 is 1.26 bits per heavy atom. The Morgan fingerprint density at radius 1 is 0.789 bits per heavy atom. The van der Waals surface area contributed by atoms with Crippen LogP contribution in [-0.2, 0) is 5.41 Å². The third-order valence-corrected chi connectivity index (χ3v) is 7.75. The second-order valence-electron chi connectivity index (χ2n) is 6.20. The summed E-state index contributed by atoms with van der Waals surface area (Å²) < 4.78 is 0. The maximum Gasteiger partial charge on any atom is 0.214 e. The van der Waals surface area contributed by atoms with Crippen LogP contribution in [0.2, 0.25) is 6.55 Å². The van der Waals surface area contributed by atoms with E-state index in [1.165, 1.54) is 15.9 Å². The van der Waals surface area contributed by atoms with E-state index in [9.17, 15) is 0 Å². The van der Waals surface area contributed by atoms with Crippen molar-refractivity contribution in [2.45, 2.75) is 32.7 Å². The van der Waals surface area contributed by atoms with E-state index in [4.69, 9.17) is 11.1 Å². The van der Waals surface area contributed by atoms with Crippen molar-refractivity contribution in [1.82, 2.24) is 0 Å². The lowest BCUT2D eigenvalue weighted by Crippen LogP contribution is -2.50. The fourth-order valence-electron chi connectivity index (χ4n) is 2.20. The zero-order valence-electron chi connectivity index (χ0n) is 12.1. The number of benzene rings is 2. The molecule has 1 atom stereocenters. The van der Waals surface area contributed by atoms with Gasteiger partial charge in [-0.25, -0.2) is 0 Å². The van der Waals surface area contributed by atoms with Crippen LogP contribution in [0.15, 0.2) is 54.6 Å². The van der Waals surface area contributed by atoms with Crippen molar-refractivity contribution in [3.8, 4) is 0 Å². The molecule has 0 bridgehead atoms. The van der Waals surface area contributed by atoms with E-state index in [-0.39, 0.29) is 5.41 Å². The van der Waals surface area contributed by atoms with Crippen LogP contribution in [0, 0.1) is 0 Å². The molecule has 0 saturated heterocycles. The third kappa shape index (κ3) is 3.10. The molecular weight excluding hydrogens is 268 g/mol. The molecule has 2 aromatic carbocycles. The van der Waals surface area contributed by atoms with E-state index in [2.05, 4.69) is 75.8 Å². The van der Waals surface area contributed by atoms with Crippen LogP contribution >= 0.6 is 11.1 Å². The lowest BCUT2D eigenvalue weighted by Gasteiger charge is -2.23. The van der Waals surface area contributed by atoms with Crippen molar-refractivity contribution in [3.63, 3.8) is 0 Å². The quantitative estimate of drug-likeness (QED) is 0.580. The molecular formula is C17H21ClSi. The molecule has 2 heteroatoms. The summed E-state index contributed by atoms with van der Waals surface area (Å²) in [7, 11) is -2.07. The summed E-state index contributed by atoms with van der Waals surface area (Å²) in [6.45, 7) is 8.89.